The van der Waals surface area contributed by atoms with Crippen LogP contribution >= 0.6 is 11.8 Å². The largest absolute Gasteiger partial charge is 0.389 e. The van der Waals surface area contributed by atoms with Crippen LogP contribution < -0.4 is 0 Å². The summed E-state index contributed by atoms with van der Waals surface area (Å²) in [4.78, 5) is 13.4. The Morgan fingerprint density at radius 2 is 1.76 bits per heavy atom. The second-order valence-electron chi connectivity index (χ2n) is 6.13. The first kappa shape index (κ1) is 16.8. The van der Waals surface area contributed by atoms with Crippen molar-refractivity contribution >= 4 is 17.7 Å². The van der Waals surface area contributed by atoms with Gasteiger partial charge in [0.15, 0.2) is 0 Å². The third-order valence-corrected chi connectivity index (χ3v) is 3.48. The van der Waals surface area contributed by atoms with Crippen molar-refractivity contribution in [3.63, 3.8) is 0 Å². The molecule has 0 aliphatic heterocycles. The van der Waals surface area contributed by atoms with Crippen molar-refractivity contribution in [1.29, 1.82) is 0 Å². The topological polar surface area (TPSA) is 40.5 Å². The molecule has 0 atom stereocenters. The summed E-state index contributed by atoms with van der Waals surface area (Å²) >= 11 is 1.88. The van der Waals surface area contributed by atoms with E-state index < -0.39 is 5.60 Å². The molecule has 0 heterocycles. The van der Waals surface area contributed by atoms with Crippen LogP contribution in [0.5, 0.6) is 0 Å². The molecule has 0 saturated heterocycles. The summed E-state index contributed by atoms with van der Waals surface area (Å²) in [6, 6.07) is 0. The average molecular weight is 261 g/mol. The van der Waals surface area contributed by atoms with Gasteiger partial charge >= 0.3 is 0 Å². The van der Waals surface area contributed by atoms with Gasteiger partial charge in [-0.15, -0.1) is 0 Å². The Balaban J connectivity index is 3.80. The van der Waals surface area contributed by atoms with Crippen LogP contribution in [0.2, 0.25) is 0 Å². The Morgan fingerprint density at radius 3 is 2.18 bits per heavy atom. The van der Waals surface area contributed by atoms with E-state index >= 15 is 0 Å². The van der Waals surface area contributed by atoms with Gasteiger partial charge in [-0.05, 0) is 26.0 Å². The fourth-order valence-electron chi connectivity index (χ4n) is 1.46. The lowest BCUT2D eigenvalue weighted by Gasteiger charge is -2.25. The number of hydrogen-bond donors (Lipinski definition) is 1. The smallest absolute Gasteiger partial charge is 0.222 e. The lowest BCUT2D eigenvalue weighted by molar-refractivity contribution is -0.132. The predicted molar refractivity (Wildman–Crippen MR) is 75.4 cm³/mol. The molecule has 0 fully saturated rings. The number of carbonyl (C=O) groups is 1. The van der Waals surface area contributed by atoms with Gasteiger partial charge in [0.05, 0.1) is 5.60 Å². The SMILES string of the molecule is CN(CC(C)(C)O)C(=O)CCCSC(C)(C)C. The first-order valence-corrected chi connectivity index (χ1v) is 7.10. The molecule has 0 radical (unpaired) electrons. The number of hydrogen-bond acceptors (Lipinski definition) is 3. The van der Waals surface area contributed by atoms with Crippen LogP contribution in [0.15, 0.2) is 0 Å². The molecule has 3 nitrogen and oxygen atoms in total. The van der Waals surface area contributed by atoms with Crippen molar-refractivity contribution in [2.45, 2.75) is 57.8 Å². The molecule has 0 rings (SSSR count). The third kappa shape index (κ3) is 10.6. The van der Waals surface area contributed by atoms with Crippen LogP contribution in [0.1, 0.15) is 47.5 Å². The first-order chi connectivity index (χ1) is 7.51. The molecule has 17 heavy (non-hydrogen) atoms. The van der Waals surface area contributed by atoms with Gasteiger partial charge in [0.1, 0.15) is 0 Å². The predicted octanol–water partition coefficient (Wildman–Crippen LogP) is 2.53. The van der Waals surface area contributed by atoms with Crippen molar-refractivity contribution in [2.75, 3.05) is 19.3 Å². The van der Waals surface area contributed by atoms with Gasteiger partial charge in [-0.1, -0.05) is 20.8 Å². The van der Waals surface area contributed by atoms with E-state index in [1.165, 1.54) is 0 Å². The number of rotatable bonds is 6. The van der Waals surface area contributed by atoms with Gasteiger partial charge in [-0.3, -0.25) is 4.79 Å². The summed E-state index contributed by atoms with van der Waals surface area (Å²) in [6.07, 6.45) is 1.46. The van der Waals surface area contributed by atoms with Crippen LogP contribution in [0.4, 0.5) is 0 Å². The van der Waals surface area contributed by atoms with Crippen LogP contribution in [-0.4, -0.2) is 45.6 Å². The Bertz CT molecular complexity index is 241. The number of carbonyl (C=O) groups excluding carboxylic acids is 1. The molecular formula is C13H27NO2S. The molecule has 0 aromatic rings. The molecular weight excluding hydrogens is 234 g/mol. The molecule has 0 aromatic carbocycles. The van der Waals surface area contributed by atoms with Crippen molar-refractivity contribution < 1.29 is 9.90 Å². The number of likely N-dealkylation sites (N-methyl/N-ethyl adjacent to an activating group) is 1. The Morgan fingerprint density at radius 1 is 1.24 bits per heavy atom. The average Bonchev–Trinajstić information content (AvgIpc) is 2.07. The highest BCUT2D eigenvalue weighted by molar-refractivity contribution is 8.00. The Hall–Kier alpha value is -0.220. The van der Waals surface area contributed by atoms with Crippen molar-refractivity contribution in [2.24, 2.45) is 0 Å². The van der Waals surface area contributed by atoms with E-state index in [0.29, 0.717) is 13.0 Å². The fraction of sp³-hybridized carbons (Fsp3) is 0.923. The minimum atomic E-state index is -0.815. The zero-order valence-corrected chi connectivity index (χ0v) is 12.9. The van der Waals surface area contributed by atoms with E-state index in [1.54, 1.807) is 25.8 Å². The molecule has 102 valence electrons. The first-order valence-electron chi connectivity index (χ1n) is 6.11. The summed E-state index contributed by atoms with van der Waals surface area (Å²) in [6.45, 7) is 10.4. The number of nitrogens with zero attached hydrogens (tertiary/aromatic N) is 1. The Labute approximate surface area is 110 Å². The number of amides is 1. The van der Waals surface area contributed by atoms with Crippen LogP contribution in [-0.2, 0) is 4.79 Å². The fourth-order valence-corrected chi connectivity index (χ4v) is 2.36. The highest BCUT2D eigenvalue weighted by Crippen LogP contribution is 2.24. The van der Waals surface area contributed by atoms with E-state index in [-0.39, 0.29) is 10.7 Å². The van der Waals surface area contributed by atoms with E-state index in [0.717, 1.165) is 12.2 Å². The second kappa shape index (κ2) is 6.64. The van der Waals surface area contributed by atoms with Crippen molar-refractivity contribution in [1.82, 2.24) is 4.90 Å². The monoisotopic (exact) mass is 261 g/mol. The quantitative estimate of drug-likeness (QED) is 0.747. The van der Waals surface area contributed by atoms with Gasteiger partial charge in [0.25, 0.3) is 0 Å². The van der Waals surface area contributed by atoms with Gasteiger partial charge in [-0.2, -0.15) is 11.8 Å². The second-order valence-corrected chi connectivity index (χ2v) is 8.05. The van der Waals surface area contributed by atoms with E-state index in [1.807, 2.05) is 11.8 Å². The maximum absolute atomic E-state index is 11.8. The summed E-state index contributed by atoms with van der Waals surface area (Å²) < 4.78 is 0.266. The minimum Gasteiger partial charge on any atom is -0.389 e. The zero-order chi connectivity index (χ0) is 13.7. The maximum atomic E-state index is 11.8. The number of thioether (sulfide) groups is 1. The molecule has 1 N–H and O–H groups in total. The zero-order valence-electron chi connectivity index (χ0n) is 12.0. The highest BCUT2D eigenvalue weighted by Gasteiger charge is 2.19. The molecule has 0 saturated carbocycles. The summed E-state index contributed by atoms with van der Waals surface area (Å²) in [5, 5.41) is 9.62. The lowest BCUT2D eigenvalue weighted by atomic mass is 10.1. The van der Waals surface area contributed by atoms with Crippen molar-refractivity contribution in [3.8, 4) is 0 Å². The molecule has 0 unspecified atom stereocenters. The minimum absolute atomic E-state index is 0.113. The van der Waals surface area contributed by atoms with Gasteiger partial charge in [-0.25, -0.2) is 0 Å². The molecule has 0 aliphatic carbocycles. The Kier molecular flexibility index (Phi) is 6.56. The van der Waals surface area contributed by atoms with E-state index in [9.17, 15) is 9.90 Å². The normalized spacial score (nSPS) is 12.6. The maximum Gasteiger partial charge on any atom is 0.222 e. The molecule has 1 amide bonds. The highest BCUT2D eigenvalue weighted by atomic mass is 32.2. The summed E-state index contributed by atoms with van der Waals surface area (Å²) in [7, 11) is 1.75. The van der Waals surface area contributed by atoms with Crippen LogP contribution in [0.25, 0.3) is 0 Å². The number of aliphatic hydroxyl groups is 1. The van der Waals surface area contributed by atoms with Gasteiger partial charge in [0.2, 0.25) is 5.91 Å². The van der Waals surface area contributed by atoms with Gasteiger partial charge in [0, 0.05) is 24.8 Å². The van der Waals surface area contributed by atoms with Gasteiger partial charge < -0.3 is 10.0 Å². The molecule has 0 spiro atoms. The van der Waals surface area contributed by atoms with Crippen molar-refractivity contribution in [3.05, 3.63) is 0 Å². The van der Waals surface area contributed by atoms with E-state index in [4.69, 9.17) is 0 Å². The standard InChI is InChI=1S/C13H27NO2S/c1-12(2,3)17-9-7-8-11(15)14(6)10-13(4,5)16/h16H,7-10H2,1-6H3. The summed E-state index contributed by atoms with van der Waals surface area (Å²) in [5.41, 5.74) is -0.815. The van der Waals surface area contributed by atoms with E-state index in [2.05, 4.69) is 20.8 Å². The summed E-state index contributed by atoms with van der Waals surface area (Å²) in [5.74, 6) is 1.12. The van der Waals surface area contributed by atoms with Crippen LogP contribution in [0.3, 0.4) is 0 Å². The van der Waals surface area contributed by atoms with Crippen LogP contribution in [0, 0.1) is 0 Å². The lowest BCUT2D eigenvalue weighted by Crippen LogP contribution is -2.39. The third-order valence-electron chi connectivity index (χ3n) is 2.12. The molecule has 0 aliphatic rings. The molecule has 4 heteroatoms. The molecule has 0 bridgehead atoms. The molecule has 0 aromatic heterocycles.